The number of quaternary nitrogens is 1. The van der Waals surface area contributed by atoms with Crippen LogP contribution in [0.1, 0.15) is 322 Å². The number of rotatable bonds is 68. The van der Waals surface area contributed by atoms with Crippen LogP contribution in [-0.4, -0.2) is 70.0 Å². The van der Waals surface area contributed by atoms with Crippen LogP contribution in [-0.2, 0) is 32.7 Å². The van der Waals surface area contributed by atoms with Gasteiger partial charge in [0.25, 0.3) is 7.82 Å². The van der Waals surface area contributed by atoms with Crippen molar-refractivity contribution in [2.45, 2.75) is 328 Å². The Bertz CT molecular complexity index is 1940. The number of phosphoric acid groups is 1. The van der Waals surface area contributed by atoms with Gasteiger partial charge in [-0.2, -0.15) is 0 Å². The van der Waals surface area contributed by atoms with Crippen LogP contribution in [0.3, 0.4) is 0 Å². The van der Waals surface area contributed by atoms with Gasteiger partial charge in [0.1, 0.15) is 19.8 Å². The lowest BCUT2D eigenvalue weighted by atomic mass is 10.0. The molecule has 90 heavy (non-hydrogen) atoms. The summed E-state index contributed by atoms with van der Waals surface area (Å²) >= 11 is 0. The molecule has 2 unspecified atom stereocenters. The van der Waals surface area contributed by atoms with Crippen LogP contribution in [0.25, 0.3) is 0 Å². The molecule has 0 N–H and O–H groups in total. The first-order valence-corrected chi connectivity index (χ1v) is 38.7. The molecule has 2 atom stereocenters. The minimum absolute atomic E-state index is 0.0340. The van der Waals surface area contributed by atoms with E-state index in [0.717, 1.165) is 96.3 Å². The Balaban J connectivity index is 4.03. The van der Waals surface area contributed by atoms with E-state index >= 15 is 0 Å². The molecule has 10 heteroatoms. The molecule has 0 fully saturated rings. The third-order valence-electron chi connectivity index (χ3n) is 16.0. The summed E-state index contributed by atoms with van der Waals surface area (Å²) in [6, 6.07) is 0. The van der Waals surface area contributed by atoms with Gasteiger partial charge in [0, 0.05) is 12.8 Å². The largest absolute Gasteiger partial charge is 0.756 e. The third-order valence-corrected chi connectivity index (χ3v) is 16.9. The summed E-state index contributed by atoms with van der Waals surface area (Å²) in [4.78, 5) is 38.1. The van der Waals surface area contributed by atoms with Crippen LogP contribution in [0.15, 0.2) is 122 Å². The lowest BCUT2D eigenvalue weighted by Crippen LogP contribution is -2.37. The molecule has 0 aromatic carbocycles. The molecule has 0 saturated heterocycles. The fourth-order valence-electron chi connectivity index (χ4n) is 10.3. The summed E-state index contributed by atoms with van der Waals surface area (Å²) < 4.78 is 34.4. The first-order chi connectivity index (χ1) is 44.0. The number of ether oxygens (including phenoxy) is 2. The Kier molecular flexibility index (Phi) is 67.0. The second-order valence-corrected chi connectivity index (χ2v) is 27.3. The minimum atomic E-state index is -4.65. The molecule has 0 aliphatic rings. The van der Waals surface area contributed by atoms with Gasteiger partial charge >= 0.3 is 11.9 Å². The first-order valence-electron chi connectivity index (χ1n) is 37.2. The number of carbonyl (C=O) groups excluding carboxylic acids is 2. The van der Waals surface area contributed by atoms with Crippen molar-refractivity contribution < 1.29 is 42.1 Å². The number of unbranched alkanes of at least 4 members (excludes halogenated alkanes) is 34. The highest BCUT2D eigenvalue weighted by Gasteiger charge is 2.22. The van der Waals surface area contributed by atoms with E-state index in [1.165, 1.54) is 193 Å². The van der Waals surface area contributed by atoms with Crippen LogP contribution < -0.4 is 4.89 Å². The van der Waals surface area contributed by atoms with Gasteiger partial charge in [-0.05, 0) is 109 Å². The molecule has 0 bridgehead atoms. The molecule has 9 nitrogen and oxygen atoms in total. The van der Waals surface area contributed by atoms with E-state index in [9.17, 15) is 19.0 Å². The monoisotopic (exact) mass is 1270 g/mol. The SMILES string of the molecule is CC/C=C\C/C=C\C/C=C\C/C=C\C/C=C\C/C=C\C/C=C\C/C=C\C/C=C\CCCCCCCCCCCCCCCC(=O)OC(COC(=O)CCCCCCCCCCCCCCC/C=C\CCCCCCCCCC)COP(=O)([O-])OCC[N+](C)(C)C. The molecule has 0 heterocycles. The Morgan fingerprint density at radius 1 is 0.356 bits per heavy atom. The van der Waals surface area contributed by atoms with Crippen molar-refractivity contribution in [2.75, 3.05) is 47.5 Å². The lowest BCUT2D eigenvalue weighted by molar-refractivity contribution is -0.870. The van der Waals surface area contributed by atoms with Gasteiger partial charge in [-0.15, -0.1) is 0 Å². The molecule has 0 aliphatic heterocycles. The molecule has 0 rings (SSSR count). The number of esters is 2. The lowest BCUT2D eigenvalue weighted by Gasteiger charge is -2.28. The van der Waals surface area contributed by atoms with E-state index in [4.69, 9.17) is 18.5 Å². The fraction of sp³-hybridized carbons (Fsp3) is 0.725. The summed E-state index contributed by atoms with van der Waals surface area (Å²) in [5, 5.41) is 0. The number of allylic oxidation sites excluding steroid dienone is 20. The molecule has 0 saturated carbocycles. The number of hydrogen-bond donors (Lipinski definition) is 0. The summed E-state index contributed by atoms with van der Waals surface area (Å²) in [6.45, 7) is 4.15. The molecule has 518 valence electrons. The van der Waals surface area contributed by atoms with Crippen molar-refractivity contribution in [3.05, 3.63) is 122 Å². The van der Waals surface area contributed by atoms with Gasteiger partial charge in [-0.3, -0.25) is 14.2 Å². The van der Waals surface area contributed by atoms with E-state index in [2.05, 4.69) is 135 Å². The van der Waals surface area contributed by atoms with E-state index in [-0.39, 0.29) is 32.0 Å². The van der Waals surface area contributed by atoms with E-state index in [1.54, 1.807) is 0 Å². The Labute approximate surface area is 556 Å². The second-order valence-electron chi connectivity index (χ2n) is 25.9. The number of carbonyl (C=O) groups is 2. The normalized spacial score (nSPS) is 13.8. The van der Waals surface area contributed by atoms with Crippen LogP contribution >= 0.6 is 7.82 Å². The molecule has 0 aromatic heterocycles. The van der Waals surface area contributed by atoms with E-state index < -0.39 is 26.5 Å². The average molecular weight is 1270 g/mol. The van der Waals surface area contributed by atoms with Crippen molar-refractivity contribution in [1.82, 2.24) is 0 Å². The van der Waals surface area contributed by atoms with Crippen molar-refractivity contribution in [1.29, 1.82) is 0 Å². The maximum absolute atomic E-state index is 12.9. The Hall–Kier alpha value is -3.59. The van der Waals surface area contributed by atoms with Crippen LogP contribution in [0.4, 0.5) is 0 Å². The van der Waals surface area contributed by atoms with E-state index in [1.807, 2.05) is 21.1 Å². The maximum atomic E-state index is 12.9. The van der Waals surface area contributed by atoms with E-state index in [0.29, 0.717) is 17.4 Å². The fourth-order valence-corrected chi connectivity index (χ4v) is 11.0. The molecular weight excluding hydrogens is 1130 g/mol. The average Bonchev–Trinajstić information content (AvgIpc) is 3.62. The molecule has 0 spiro atoms. The second kappa shape index (κ2) is 69.7. The summed E-state index contributed by atoms with van der Waals surface area (Å²) in [5.74, 6) is -0.828. The van der Waals surface area contributed by atoms with Gasteiger partial charge in [0.05, 0.1) is 27.7 Å². The topological polar surface area (TPSA) is 111 Å². The molecule has 0 aromatic rings. The van der Waals surface area contributed by atoms with Gasteiger partial charge in [-0.1, -0.05) is 322 Å². The summed E-state index contributed by atoms with van der Waals surface area (Å²) in [5.41, 5.74) is 0. The predicted molar refractivity (Wildman–Crippen MR) is 388 cm³/mol. The zero-order chi connectivity index (χ0) is 65.5. The highest BCUT2D eigenvalue weighted by Crippen LogP contribution is 2.38. The van der Waals surface area contributed by atoms with Crippen molar-refractivity contribution in [2.24, 2.45) is 0 Å². The number of likely N-dealkylation sites (N-methyl/N-ethyl adjacent to an activating group) is 1. The predicted octanol–water partition coefficient (Wildman–Crippen LogP) is 24.0. The number of hydrogen-bond acceptors (Lipinski definition) is 8. The quantitative estimate of drug-likeness (QED) is 0.0195. The standard InChI is InChI=1S/C80H140NO8P/c1-6-8-10-12-14-16-18-20-22-24-26-28-30-32-33-34-35-36-37-38-39-40-41-42-43-44-45-46-47-49-51-53-55-57-59-61-63-65-67-69-71-73-80(83)89-78(77-88-90(84,85)87-75-74-81(3,4)5)76-86-79(82)72-70-68-66-64-62-60-58-56-54-52-50-48-31-29-27-25-23-21-19-17-15-13-11-9-7-2/h8,10,14,16,20,22,25-28,32-33,35-36,38-39,41-42,44-45,78H,6-7,9,11-13,15,17-19,21,23-24,29-31,34,37,40,43,46-77H2,1-5H3/b10-8-,16-14-,22-20-,27-25-,28-26-,33-32-,36-35-,39-38-,42-41-,45-44-. The highest BCUT2D eigenvalue weighted by atomic mass is 31.2. The van der Waals surface area contributed by atoms with Crippen LogP contribution in [0, 0.1) is 0 Å². The molecule has 0 aliphatic carbocycles. The highest BCUT2D eigenvalue weighted by molar-refractivity contribution is 7.45. The molecular formula is C80H140NO8P. The molecule has 0 radical (unpaired) electrons. The maximum Gasteiger partial charge on any atom is 0.306 e. The van der Waals surface area contributed by atoms with Gasteiger partial charge < -0.3 is 27.9 Å². The molecule has 0 amide bonds. The first kappa shape index (κ1) is 86.4. The van der Waals surface area contributed by atoms with Gasteiger partial charge in [-0.25, -0.2) is 0 Å². The Morgan fingerprint density at radius 3 is 0.956 bits per heavy atom. The summed E-state index contributed by atoms with van der Waals surface area (Å²) in [7, 11) is 1.17. The smallest absolute Gasteiger partial charge is 0.306 e. The van der Waals surface area contributed by atoms with Gasteiger partial charge in [0.2, 0.25) is 0 Å². The zero-order valence-electron chi connectivity index (χ0n) is 59.1. The van der Waals surface area contributed by atoms with Gasteiger partial charge in [0.15, 0.2) is 6.10 Å². The minimum Gasteiger partial charge on any atom is -0.756 e. The van der Waals surface area contributed by atoms with Crippen molar-refractivity contribution in [3.8, 4) is 0 Å². The van der Waals surface area contributed by atoms with Crippen molar-refractivity contribution >= 4 is 19.8 Å². The number of nitrogens with zero attached hydrogens (tertiary/aromatic N) is 1. The Morgan fingerprint density at radius 2 is 0.633 bits per heavy atom. The zero-order valence-corrected chi connectivity index (χ0v) is 59.9. The van der Waals surface area contributed by atoms with Crippen LogP contribution in [0.5, 0.6) is 0 Å². The van der Waals surface area contributed by atoms with Crippen LogP contribution in [0.2, 0.25) is 0 Å². The third kappa shape index (κ3) is 73.5. The number of phosphoric ester groups is 1. The van der Waals surface area contributed by atoms with Crippen molar-refractivity contribution in [3.63, 3.8) is 0 Å². The summed E-state index contributed by atoms with van der Waals surface area (Å²) in [6.07, 6.45) is 100.